The molecule has 2 unspecified atom stereocenters. The molecule has 34 heavy (non-hydrogen) atoms. The minimum absolute atomic E-state index is 0.136. The van der Waals surface area contributed by atoms with Gasteiger partial charge in [0.2, 0.25) is 0 Å². The summed E-state index contributed by atoms with van der Waals surface area (Å²) >= 11 is 1.13. The van der Waals surface area contributed by atoms with Crippen LogP contribution in [-0.2, 0) is 15.6 Å². The molecule has 0 bridgehead atoms. The van der Waals surface area contributed by atoms with Gasteiger partial charge in [-0.2, -0.15) is 22.7 Å². The Balaban J connectivity index is 1.88. The van der Waals surface area contributed by atoms with Crippen molar-refractivity contribution in [3.05, 3.63) is 47.3 Å². The van der Waals surface area contributed by atoms with Gasteiger partial charge < -0.3 is 10.0 Å². The molecule has 1 aromatic carbocycles. The van der Waals surface area contributed by atoms with Crippen LogP contribution in [0.3, 0.4) is 0 Å². The van der Waals surface area contributed by atoms with Crippen LogP contribution >= 0.6 is 11.3 Å². The van der Waals surface area contributed by atoms with Crippen molar-refractivity contribution < 1.29 is 26.7 Å². The van der Waals surface area contributed by atoms with E-state index in [1.807, 2.05) is 4.90 Å². The van der Waals surface area contributed by atoms with E-state index in [0.29, 0.717) is 19.2 Å². The van der Waals surface area contributed by atoms with Crippen LogP contribution in [0.5, 0.6) is 0 Å². The molecule has 0 radical (unpaired) electrons. The molecular weight excluding hydrogens is 489 g/mol. The molecule has 0 saturated carbocycles. The van der Waals surface area contributed by atoms with Crippen molar-refractivity contribution in [1.82, 2.24) is 9.62 Å². The number of nitriles is 1. The maximum Gasteiger partial charge on any atom is 0.421 e. The fourth-order valence-electron chi connectivity index (χ4n) is 3.65. The van der Waals surface area contributed by atoms with Crippen LogP contribution in [0, 0.1) is 11.3 Å². The molecule has 0 aliphatic carbocycles. The van der Waals surface area contributed by atoms with Crippen LogP contribution in [0.4, 0.5) is 18.9 Å². The van der Waals surface area contributed by atoms with Crippen LogP contribution in [0.15, 0.2) is 46.0 Å². The summed E-state index contributed by atoms with van der Waals surface area (Å²) in [7, 11) is -3.68. The molecule has 12 heteroatoms. The molecule has 2 N–H and O–H groups in total. The van der Waals surface area contributed by atoms with Crippen molar-refractivity contribution in [2.45, 2.75) is 48.3 Å². The van der Waals surface area contributed by atoms with Crippen molar-refractivity contribution in [3.63, 3.8) is 0 Å². The highest BCUT2D eigenvalue weighted by atomic mass is 32.2. The molecule has 1 fully saturated rings. The Hall–Kier alpha value is -2.17. The third-order valence-corrected chi connectivity index (χ3v) is 9.15. The molecule has 0 spiro atoms. The first-order valence-electron chi connectivity index (χ1n) is 10.6. The summed E-state index contributed by atoms with van der Waals surface area (Å²) in [5.74, 6) is 0. The quantitative estimate of drug-likeness (QED) is 0.586. The zero-order chi connectivity index (χ0) is 25.4. The highest BCUT2D eigenvalue weighted by Crippen LogP contribution is 2.39. The van der Waals surface area contributed by atoms with Crippen LogP contribution in [0.2, 0.25) is 0 Å². The van der Waals surface area contributed by atoms with Crippen LogP contribution in [0.1, 0.15) is 26.3 Å². The van der Waals surface area contributed by atoms with Crippen molar-refractivity contribution in [3.8, 4) is 6.07 Å². The summed E-state index contributed by atoms with van der Waals surface area (Å²) in [6.45, 7) is 5.02. The number of alkyl halides is 3. The predicted molar refractivity (Wildman–Crippen MR) is 124 cm³/mol. The van der Waals surface area contributed by atoms with Crippen molar-refractivity contribution in [2.24, 2.45) is 0 Å². The summed E-state index contributed by atoms with van der Waals surface area (Å²) in [6, 6.07) is 10.4. The molecule has 2 atom stereocenters. The van der Waals surface area contributed by atoms with E-state index in [0.717, 1.165) is 11.3 Å². The minimum atomic E-state index is -4.83. The molecule has 186 valence electrons. The summed E-state index contributed by atoms with van der Waals surface area (Å²) in [6.07, 6.45) is -4.83. The second-order valence-corrected chi connectivity index (χ2v) is 12.0. The second-order valence-electron chi connectivity index (χ2n) is 8.88. The van der Waals surface area contributed by atoms with Gasteiger partial charge in [-0.25, -0.2) is 8.42 Å². The fraction of sp³-hybridized carbons (Fsp3) is 0.500. The highest BCUT2D eigenvalue weighted by Gasteiger charge is 2.51. The number of thiophene rings is 1. The van der Waals surface area contributed by atoms with Gasteiger partial charge in [0.1, 0.15) is 9.75 Å². The van der Waals surface area contributed by atoms with Gasteiger partial charge in [-0.15, -0.1) is 11.3 Å². The number of aliphatic hydroxyl groups is 1. The lowest BCUT2D eigenvalue weighted by atomic mass is 9.95. The summed E-state index contributed by atoms with van der Waals surface area (Å²) in [5, 5.41) is 24.1. The average Bonchev–Trinajstić information content (AvgIpc) is 3.33. The first-order valence-corrected chi connectivity index (χ1v) is 12.9. The molecule has 0 amide bonds. The number of sulfonamides is 1. The van der Waals surface area contributed by atoms with Gasteiger partial charge in [0.05, 0.1) is 12.1 Å². The molecule has 2 aromatic rings. The molecule has 2 heterocycles. The average molecular weight is 517 g/mol. The zero-order valence-electron chi connectivity index (χ0n) is 19.0. The van der Waals surface area contributed by atoms with Gasteiger partial charge in [0, 0.05) is 31.9 Å². The Labute approximate surface area is 201 Å². The number of rotatable bonds is 7. The zero-order valence-corrected chi connectivity index (χ0v) is 20.6. The SMILES string of the molecule is CC(C)(C#N)NCC1CN(S(=O)(=O)c2cccs2)CCN1c1ccc(C(C)(O)C(F)(F)F)cc1. The van der Waals surface area contributed by atoms with Crippen LogP contribution in [0.25, 0.3) is 0 Å². The van der Waals surface area contributed by atoms with E-state index >= 15 is 0 Å². The molecule has 1 aliphatic rings. The third-order valence-electron chi connectivity index (χ3n) is 5.91. The van der Waals surface area contributed by atoms with Crippen molar-refractivity contribution in [1.29, 1.82) is 5.26 Å². The lowest BCUT2D eigenvalue weighted by Gasteiger charge is -2.43. The molecule has 1 aromatic heterocycles. The predicted octanol–water partition coefficient (Wildman–Crippen LogP) is 3.29. The standard InChI is InChI=1S/C22H27F3N4O3S2/c1-20(2,15-26)27-13-18-14-28(34(31,32)19-5-4-12-33-19)10-11-29(18)17-8-6-16(7-9-17)21(3,30)22(23,24)25/h4-9,12,18,27,30H,10-11,13-14H2,1-3H3. The molecule has 1 aliphatic heterocycles. The Kier molecular flexibility index (Phi) is 7.36. The molecule has 7 nitrogen and oxygen atoms in total. The van der Waals surface area contributed by atoms with Crippen molar-refractivity contribution >= 4 is 27.0 Å². The minimum Gasteiger partial charge on any atom is -0.376 e. The third kappa shape index (κ3) is 5.39. The van der Waals surface area contributed by atoms with Gasteiger partial charge in [-0.1, -0.05) is 18.2 Å². The van der Waals surface area contributed by atoms with Gasteiger partial charge >= 0.3 is 6.18 Å². The van der Waals surface area contributed by atoms with Crippen LogP contribution in [-0.4, -0.2) is 61.8 Å². The smallest absolute Gasteiger partial charge is 0.376 e. The maximum atomic E-state index is 13.2. The normalized spacial score (nSPS) is 20.1. The second kappa shape index (κ2) is 9.47. The monoisotopic (exact) mass is 516 g/mol. The highest BCUT2D eigenvalue weighted by molar-refractivity contribution is 7.91. The molecule has 1 saturated heterocycles. The first kappa shape index (κ1) is 26.4. The van der Waals surface area contributed by atoms with E-state index in [9.17, 15) is 32.0 Å². The number of halogens is 3. The van der Waals surface area contributed by atoms with Gasteiger partial charge in [-0.05, 0) is 49.9 Å². The van der Waals surface area contributed by atoms with Gasteiger partial charge in [0.25, 0.3) is 10.0 Å². The van der Waals surface area contributed by atoms with E-state index in [1.54, 1.807) is 31.4 Å². The number of hydrogen-bond acceptors (Lipinski definition) is 7. The lowest BCUT2D eigenvalue weighted by molar-refractivity contribution is -0.258. The van der Waals surface area contributed by atoms with E-state index in [2.05, 4.69) is 11.4 Å². The summed E-state index contributed by atoms with van der Waals surface area (Å²) in [5.41, 5.74) is -3.54. The summed E-state index contributed by atoms with van der Waals surface area (Å²) in [4.78, 5) is 1.91. The number of hydrogen-bond donors (Lipinski definition) is 2. The lowest BCUT2D eigenvalue weighted by Crippen LogP contribution is -2.59. The summed E-state index contributed by atoms with van der Waals surface area (Å²) < 4.78 is 67.3. The molecular formula is C22H27F3N4O3S2. The van der Waals surface area contributed by atoms with E-state index < -0.39 is 27.3 Å². The Morgan fingerprint density at radius 3 is 2.35 bits per heavy atom. The van der Waals surface area contributed by atoms with E-state index in [-0.39, 0.29) is 35.4 Å². The van der Waals surface area contributed by atoms with E-state index in [1.165, 1.54) is 28.6 Å². The Morgan fingerprint density at radius 1 is 1.18 bits per heavy atom. The largest absolute Gasteiger partial charge is 0.421 e. The first-order chi connectivity index (χ1) is 15.7. The maximum absolute atomic E-state index is 13.2. The number of benzene rings is 1. The van der Waals surface area contributed by atoms with Gasteiger partial charge in [-0.3, -0.25) is 5.32 Å². The number of piperazine rings is 1. The fourth-order valence-corrected chi connectivity index (χ4v) is 6.26. The van der Waals surface area contributed by atoms with Gasteiger partial charge in [0.15, 0.2) is 5.60 Å². The number of anilines is 1. The number of nitrogens with zero attached hydrogens (tertiary/aromatic N) is 3. The van der Waals surface area contributed by atoms with E-state index in [4.69, 9.17) is 0 Å². The van der Waals surface area contributed by atoms with Crippen LogP contribution < -0.4 is 10.2 Å². The molecule has 3 rings (SSSR count). The Morgan fingerprint density at radius 2 is 1.82 bits per heavy atom. The number of nitrogens with one attached hydrogen (secondary N) is 1. The van der Waals surface area contributed by atoms with Crippen molar-refractivity contribution in [2.75, 3.05) is 31.1 Å². The Bertz CT molecular complexity index is 1130. The topological polar surface area (TPSA) is 96.7 Å².